The first-order chi connectivity index (χ1) is 6.24. The van der Waals surface area contributed by atoms with Crippen molar-refractivity contribution in [2.45, 2.75) is 56.3 Å². The highest BCUT2D eigenvalue weighted by Gasteiger charge is 2.25. The van der Waals surface area contributed by atoms with Crippen molar-refractivity contribution < 1.29 is 9.84 Å². The van der Waals surface area contributed by atoms with Crippen LogP contribution in [0.2, 0.25) is 0 Å². The third-order valence-corrected chi connectivity index (χ3v) is 3.85. The fourth-order valence-corrected chi connectivity index (χ4v) is 3.08. The number of ether oxygens (including phenoxy) is 1. The highest BCUT2D eigenvalue weighted by molar-refractivity contribution is 8.00. The molecule has 3 atom stereocenters. The molecule has 3 heteroatoms. The zero-order chi connectivity index (χ0) is 9.68. The van der Waals surface area contributed by atoms with Gasteiger partial charge in [0.2, 0.25) is 0 Å². The molecule has 1 rings (SSSR count). The van der Waals surface area contributed by atoms with E-state index in [1.165, 1.54) is 12.8 Å². The Morgan fingerprint density at radius 2 is 2.15 bits per heavy atom. The predicted octanol–water partition coefficient (Wildman–Crippen LogP) is 2.41. The molecule has 0 radical (unpaired) electrons. The van der Waals surface area contributed by atoms with Crippen LogP contribution in [0, 0.1) is 0 Å². The minimum atomic E-state index is -0.110. The quantitative estimate of drug-likeness (QED) is 0.713. The number of aliphatic hydroxyl groups excluding tert-OH is 1. The molecule has 0 aliphatic heterocycles. The summed E-state index contributed by atoms with van der Waals surface area (Å²) in [7, 11) is 0. The molecule has 0 saturated heterocycles. The van der Waals surface area contributed by atoms with Gasteiger partial charge in [-0.25, -0.2) is 0 Å². The van der Waals surface area contributed by atoms with Crippen molar-refractivity contribution in [1.29, 1.82) is 0 Å². The van der Waals surface area contributed by atoms with Crippen molar-refractivity contribution in [3.8, 4) is 0 Å². The summed E-state index contributed by atoms with van der Waals surface area (Å²) >= 11 is 1.78. The van der Waals surface area contributed by atoms with Gasteiger partial charge < -0.3 is 9.84 Å². The van der Waals surface area contributed by atoms with E-state index in [0.717, 1.165) is 19.4 Å². The Morgan fingerprint density at radius 3 is 2.77 bits per heavy atom. The minimum absolute atomic E-state index is 0.110. The molecule has 0 aromatic carbocycles. The molecular weight excluding hydrogens is 184 g/mol. The summed E-state index contributed by atoms with van der Waals surface area (Å²) in [4.78, 5) is 0. The average molecular weight is 204 g/mol. The molecule has 0 bridgehead atoms. The lowest BCUT2D eigenvalue weighted by molar-refractivity contribution is 0.122. The third-order valence-electron chi connectivity index (χ3n) is 2.44. The van der Waals surface area contributed by atoms with Crippen LogP contribution >= 0.6 is 11.8 Å². The number of rotatable bonds is 4. The number of aliphatic hydroxyl groups is 1. The lowest BCUT2D eigenvalue weighted by atomic mass is 9.97. The lowest BCUT2D eigenvalue weighted by Gasteiger charge is -2.28. The Bertz CT molecular complexity index is 141. The normalized spacial score (nSPS) is 31.6. The second kappa shape index (κ2) is 5.89. The third kappa shape index (κ3) is 3.88. The van der Waals surface area contributed by atoms with Gasteiger partial charge in [-0.15, -0.1) is 11.8 Å². The summed E-state index contributed by atoms with van der Waals surface area (Å²) in [6.45, 7) is 4.83. The first kappa shape index (κ1) is 11.3. The highest BCUT2D eigenvalue weighted by atomic mass is 32.2. The molecule has 0 amide bonds. The van der Waals surface area contributed by atoms with Gasteiger partial charge in [-0.1, -0.05) is 12.8 Å². The second-order valence-electron chi connectivity index (χ2n) is 3.55. The largest absolute Gasteiger partial charge is 0.392 e. The monoisotopic (exact) mass is 204 g/mol. The molecule has 0 heterocycles. The number of hydrogen-bond acceptors (Lipinski definition) is 3. The second-order valence-corrected chi connectivity index (χ2v) is 5.09. The van der Waals surface area contributed by atoms with E-state index in [0.29, 0.717) is 5.25 Å². The van der Waals surface area contributed by atoms with Crippen LogP contribution in [-0.4, -0.2) is 28.5 Å². The molecule has 1 aliphatic rings. The molecule has 2 nitrogen and oxygen atoms in total. The Morgan fingerprint density at radius 1 is 1.46 bits per heavy atom. The smallest absolute Gasteiger partial charge is 0.100 e. The van der Waals surface area contributed by atoms with Gasteiger partial charge in [0, 0.05) is 11.9 Å². The first-order valence-corrected chi connectivity index (χ1v) is 6.13. The molecule has 1 saturated carbocycles. The van der Waals surface area contributed by atoms with Crippen molar-refractivity contribution in [1.82, 2.24) is 0 Å². The van der Waals surface area contributed by atoms with Gasteiger partial charge in [0.05, 0.1) is 6.10 Å². The molecular formula is C10H20O2S. The van der Waals surface area contributed by atoms with E-state index >= 15 is 0 Å². The summed E-state index contributed by atoms with van der Waals surface area (Å²) in [5, 5.41) is 10.1. The van der Waals surface area contributed by atoms with E-state index < -0.39 is 0 Å². The first-order valence-electron chi connectivity index (χ1n) is 5.19. The number of thioether (sulfide) groups is 1. The average Bonchev–Trinajstić information content (AvgIpc) is 2.09. The lowest BCUT2D eigenvalue weighted by Crippen LogP contribution is -2.28. The van der Waals surface area contributed by atoms with Crippen LogP contribution in [-0.2, 0) is 4.74 Å². The van der Waals surface area contributed by atoms with Crippen molar-refractivity contribution in [2.24, 2.45) is 0 Å². The zero-order valence-electron chi connectivity index (χ0n) is 8.53. The molecule has 1 fully saturated rings. The van der Waals surface area contributed by atoms with E-state index in [-0.39, 0.29) is 11.5 Å². The number of hydrogen-bond donors (Lipinski definition) is 1. The molecule has 0 aromatic rings. The van der Waals surface area contributed by atoms with E-state index in [9.17, 15) is 5.11 Å². The summed E-state index contributed by atoms with van der Waals surface area (Å²) in [6.07, 6.45) is 4.44. The van der Waals surface area contributed by atoms with Gasteiger partial charge in [-0.05, 0) is 26.7 Å². The predicted molar refractivity (Wildman–Crippen MR) is 56.9 cm³/mol. The summed E-state index contributed by atoms with van der Waals surface area (Å²) in [5.41, 5.74) is 0.225. The molecule has 78 valence electrons. The molecule has 1 N–H and O–H groups in total. The van der Waals surface area contributed by atoms with Crippen LogP contribution in [0.1, 0.15) is 39.5 Å². The van der Waals surface area contributed by atoms with Crippen LogP contribution in [0.25, 0.3) is 0 Å². The van der Waals surface area contributed by atoms with Gasteiger partial charge in [0.1, 0.15) is 5.44 Å². The highest BCUT2D eigenvalue weighted by Crippen LogP contribution is 2.31. The summed E-state index contributed by atoms with van der Waals surface area (Å²) in [5.74, 6) is 0. The minimum Gasteiger partial charge on any atom is -0.392 e. The maximum Gasteiger partial charge on any atom is 0.100 e. The van der Waals surface area contributed by atoms with Crippen molar-refractivity contribution in [3.63, 3.8) is 0 Å². The van der Waals surface area contributed by atoms with Gasteiger partial charge in [-0.3, -0.25) is 0 Å². The summed E-state index contributed by atoms with van der Waals surface area (Å²) < 4.78 is 5.44. The van der Waals surface area contributed by atoms with Crippen molar-refractivity contribution in [3.05, 3.63) is 0 Å². The Hall–Kier alpha value is 0.270. The van der Waals surface area contributed by atoms with Crippen molar-refractivity contribution >= 4 is 11.8 Å². The van der Waals surface area contributed by atoms with Crippen molar-refractivity contribution in [2.75, 3.05) is 6.61 Å². The Labute approximate surface area is 85.0 Å². The maximum atomic E-state index is 9.71. The van der Waals surface area contributed by atoms with Gasteiger partial charge in [0.25, 0.3) is 0 Å². The molecule has 0 aromatic heterocycles. The summed E-state index contributed by atoms with van der Waals surface area (Å²) in [6, 6.07) is 0. The van der Waals surface area contributed by atoms with Crippen LogP contribution < -0.4 is 0 Å². The topological polar surface area (TPSA) is 29.5 Å². The molecule has 1 aliphatic carbocycles. The fraction of sp³-hybridized carbons (Fsp3) is 1.00. The van der Waals surface area contributed by atoms with E-state index in [1.54, 1.807) is 11.8 Å². The van der Waals surface area contributed by atoms with Gasteiger partial charge >= 0.3 is 0 Å². The van der Waals surface area contributed by atoms with Gasteiger partial charge in [-0.2, -0.15) is 0 Å². The van der Waals surface area contributed by atoms with E-state index in [2.05, 4.69) is 6.92 Å². The molecule has 0 unspecified atom stereocenters. The molecule has 13 heavy (non-hydrogen) atoms. The standard InChI is InChI=1S/C10H20O2S/c1-3-12-8(2)13-10-7-5-4-6-9(10)11/h8-11H,3-7H2,1-2H3/t8-,9+,10-/m0/s1. The van der Waals surface area contributed by atoms with E-state index in [4.69, 9.17) is 4.74 Å². The van der Waals surface area contributed by atoms with Gasteiger partial charge in [0.15, 0.2) is 0 Å². The zero-order valence-corrected chi connectivity index (χ0v) is 9.35. The van der Waals surface area contributed by atoms with E-state index in [1.807, 2.05) is 6.92 Å². The molecule has 0 spiro atoms. The fourth-order valence-electron chi connectivity index (χ4n) is 1.76. The SMILES string of the molecule is CCO[C@H](C)S[C@H]1CCCC[C@H]1O. The Balaban J connectivity index is 2.25. The van der Waals surface area contributed by atoms with Crippen LogP contribution in [0.15, 0.2) is 0 Å². The van der Waals surface area contributed by atoms with Crippen LogP contribution in [0.4, 0.5) is 0 Å². The van der Waals surface area contributed by atoms with Crippen LogP contribution in [0.5, 0.6) is 0 Å². The Kier molecular flexibility index (Phi) is 5.14. The maximum absolute atomic E-state index is 9.71. The van der Waals surface area contributed by atoms with Crippen LogP contribution in [0.3, 0.4) is 0 Å².